The van der Waals surface area contributed by atoms with Crippen LogP contribution in [0.4, 0.5) is 0 Å². The number of aromatic nitrogens is 4. The molecule has 0 unspecified atom stereocenters. The van der Waals surface area contributed by atoms with Crippen molar-refractivity contribution in [2.45, 2.75) is 6.54 Å². The van der Waals surface area contributed by atoms with Gasteiger partial charge in [0.05, 0.1) is 19.9 Å². The third kappa shape index (κ3) is 4.53. The minimum absolute atomic E-state index is 0.207. The van der Waals surface area contributed by atoms with Crippen LogP contribution in [0.25, 0.3) is 16.8 Å². The lowest BCUT2D eigenvalue weighted by Crippen LogP contribution is -2.23. The maximum atomic E-state index is 13.0. The lowest BCUT2D eigenvalue weighted by Gasteiger charge is -2.14. The van der Waals surface area contributed by atoms with Crippen molar-refractivity contribution in [3.8, 4) is 28.3 Å². The van der Waals surface area contributed by atoms with Crippen molar-refractivity contribution in [1.82, 2.24) is 25.5 Å². The molecule has 1 aromatic heterocycles. The summed E-state index contributed by atoms with van der Waals surface area (Å²) in [5, 5.41) is 14.3. The highest BCUT2D eigenvalue weighted by atomic mass is 16.5. The van der Waals surface area contributed by atoms with Crippen LogP contribution in [0.15, 0.2) is 73.1 Å². The number of carbonyl (C=O) groups is 1. The molecular weight excluding hydrogens is 394 g/mol. The second-order valence-electron chi connectivity index (χ2n) is 6.76. The Morgan fingerprint density at radius 1 is 1.00 bits per heavy atom. The van der Waals surface area contributed by atoms with Gasteiger partial charge in [-0.05, 0) is 58.0 Å². The van der Waals surface area contributed by atoms with Gasteiger partial charge in [-0.15, -0.1) is 5.10 Å². The molecule has 0 bridgehead atoms. The lowest BCUT2D eigenvalue weighted by atomic mass is 10.00. The lowest BCUT2D eigenvalue weighted by molar-refractivity contribution is 0.0951. The summed E-state index contributed by atoms with van der Waals surface area (Å²) in [7, 11) is 3.20. The maximum Gasteiger partial charge on any atom is 0.251 e. The normalized spacial score (nSPS) is 10.5. The number of hydrogen-bond acceptors (Lipinski definition) is 6. The fourth-order valence-corrected chi connectivity index (χ4v) is 3.23. The molecule has 0 saturated heterocycles. The zero-order valence-corrected chi connectivity index (χ0v) is 17.1. The van der Waals surface area contributed by atoms with Crippen LogP contribution in [0.2, 0.25) is 0 Å². The topological polar surface area (TPSA) is 91.2 Å². The van der Waals surface area contributed by atoms with Gasteiger partial charge >= 0.3 is 0 Å². The Kier molecular flexibility index (Phi) is 5.89. The van der Waals surface area contributed by atoms with E-state index in [9.17, 15) is 4.79 Å². The molecule has 0 spiro atoms. The highest BCUT2D eigenvalue weighted by Crippen LogP contribution is 2.35. The molecule has 0 aliphatic heterocycles. The van der Waals surface area contributed by atoms with E-state index < -0.39 is 0 Å². The molecule has 0 atom stereocenters. The van der Waals surface area contributed by atoms with E-state index in [1.807, 2.05) is 60.7 Å². The number of nitrogens with one attached hydrogen (secondary N) is 1. The van der Waals surface area contributed by atoms with Gasteiger partial charge in [-0.25, -0.2) is 4.68 Å². The van der Waals surface area contributed by atoms with E-state index in [1.165, 1.54) is 11.0 Å². The van der Waals surface area contributed by atoms with Gasteiger partial charge in [-0.1, -0.05) is 30.3 Å². The first kappa shape index (κ1) is 20.1. The molecule has 0 saturated carbocycles. The van der Waals surface area contributed by atoms with Crippen molar-refractivity contribution in [2.24, 2.45) is 0 Å². The molecule has 0 aliphatic rings. The van der Waals surface area contributed by atoms with Crippen LogP contribution in [-0.4, -0.2) is 40.3 Å². The largest absolute Gasteiger partial charge is 0.497 e. The molecule has 31 heavy (non-hydrogen) atoms. The van der Waals surface area contributed by atoms with Gasteiger partial charge in [0.1, 0.15) is 17.8 Å². The second kappa shape index (κ2) is 9.08. The molecule has 8 heteroatoms. The van der Waals surface area contributed by atoms with Crippen molar-refractivity contribution in [2.75, 3.05) is 14.2 Å². The van der Waals surface area contributed by atoms with E-state index in [2.05, 4.69) is 20.8 Å². The van der Waals surface area contributed by atoms with Gasteiger partial charge in [-0.3, -0.25) is 4.79 Å². The van der Waals surface area contributed by atoms with Gasteiger partial charge < -0.3 is 14.8 Å². The number of methoxy groups -OCH3 is 2. The summed E-state index contributed by atoms with van der Waals surface area (Å²) in [5.74, 6) is 1.13. The highest BCUT2D eigenvalue weighted by molar-refractivity contribution is 5.96. The molecule has 156 valence electrons. The van der Waals surface area contributed by atoms with Crippen LogP contribution in [0, 0.1) is 0 Å². The van der Waals surface area contributed by atoms with Crippen molar-refractivity contribution in [3.05, 3.63) is 84.2 Å². The maximum absolute atomic E-state index is 13.0. The summed E-state index contributed by atoms with van der Waals surface area (Å²) in [5.41, 5.74) is 3.70. The van der Waals surface area contributed by atoms with E-state index >= 15 is 0 Å². The monoisotopic (exact) mass is 415 g/mol. The van der Waals surface area contributed by atoms with Crippen LogP contribution in [0.3, 0.4) is 0 Å². The van der Waals surface area contributed by atoms with Crippen LogP contribution in [0.1, 0.15) is 15.9 Å². The third-order valence-corrected chi connectivity index (χ3v) is 4.81. The smallest absolute Gasteiger partial charge is 0.251 e. The Labute approximate surface area is 179 Å². The molecule has 4 rings (SSSR count). The summed E-state index contributed by atoms with van der Waals surface area (Å²) in [6, 6.07) is 20.7. The van der Waals surface area contributed by atoms with Crippen molar-refractivity contribution in [1.29, 1.82) is 0 Å². The van der Waals surface area contributed by atoms with Gasteiger partial charge in [0, 0.05) is 17.7 Å². The Morgan fingerprint density at radius 3 is 2.55 bits per heavy atom. The van der Waals surface area contributed by atoms with Crippen LogP contribution < -0.4 is 14.8 Å². The third-order valence-electron chi connectivity index (χ3n) is 4.81. The quantitative estimate of drug-likeness (QED) is 0.498. The van der Waals surface area contributed by atoms with E-state index in [1.54, 1.807) is 20.3 Å². The van der Waals surface area contributed by atoms with E-state index in [0.29, 0.717) is 29.3 Å². The summed E-state index contributed by atoms with van der Waals surface area (Å²) in [6.07, 6.45) is 1.48. The number of benzene rings is 3. The number of tetrazole rings is 1. The second-order valence-corrected chi connectivity index (χ2v) is 6.76. The SMILES string of the molecule is COc1ccc(OC)c(-c2cc(C(=O)NCc3ccccc3)cc(-n3cnnn3)c2)c1. The van der Waals surface area contributed by atoms with E-state index in [0.717, 1.165) is 16.7 Å². The van der Waals surface area contributed by atoms with Crippen LogP contribution in [-0.2, 0) is 6.54 Å². The molecule has 4 aromatic rings. The van der Waals surface area contributed by atoms with E-state index in [4.69, 9.17) is 9.47 Å². The van der Waals surface area contributed by atoms with Gasteiger partial charge in [0.2, 0.25) is 0 Å². The average molecular weight is 415 g/mol. The molecule has 0 aliphatic carbocycles. The summed E-state index contributed by atoms with van der Waals surface area (Å²) >= 11 is 0. The fourth-order valence-electron chi connectivity index (χ4n) is 3.23. The molecule has 1 amide bonds. The summed E-state index contributed by atoms with van der Waals surface area (Å²) in [6.45, 7) is 0.423. The molecule has 0 radical (unpaired) electrons. The Balaban J connectivity index is 1.74. The summed E-state index contributed by atoms with van der Waals surface area (Å²) < 4.78 is 12.4. The molecular formula is C23H21N5O3. The van der Waals surface area contributed by atoms with Gasteiger partial charge in [0.15, 0.2) is 0 Å². The predicted molar refractivity (Wildman–Crippen MR) is 115 cm³/mol. The Bertz CT molecular complexity index is 1180. The summed E-state index contributed by atoms with van der Waals surface area (Å²) in [4.78, 5) is 13.0. The zero-order chi connectivity index (χ0) is 21.6. The minimum atomic E-state index is -0.207. The number of amides is 1. The number of rotatable bonds is 7. The standard InChI is InChI=1S/C23H21N5O3/c1-30-20-8-9-22(31-2)21(13-20)17-10-18(12-19(11-17)28-15-25-26-27-28)23(29)24-14-16-6-4-3-5-7-16/h3-13,15H,14H2,1-2H3,(H,24,29). The van der Waals surface area contributed by atoms with E-state index in [-0.39, 0.29) is 5.91 Å². The number of nitrogens with zero attached hydrogens (tertiary/aromatic N) is 4. The first-order valence-electron chi connectivity index (χ1n) is 9.61. The highest BCUT2D eigenvalue weighted by Gasteiger charge is 2.15. The van der Waals surface area contributed by atoms with Gasteiger partial charge in [-0.2, -0.15) is 0 Å². The fraction of sp³-hybridized carbons (Fsp3) is 0.130. The van der Waals surface area contributed by atoms with Crippen LogP contribution >= 0.6 is 0 Å². The van der Waals surface area contributed by atoms with Crippen molar-refractivity contribution in [3.63, 3.8) is 0 Å². The first-order chi connectivity index (χ1) is 15.2. The number of carbonyl (C=O) groups excluding carboxylic acids is 1. The van der Waals surface area contributed by atoms with Crippen molar-refractivity contribution < 1.29 is 14.3 Å². The Morgan fingerprint density at radius 2 is 1.84 bits per heavy atom. The first-order valence-corrected chi connectivity index (χ1v) is 9.61. The zero-order valence-electron chi connectivity index (χ0n) is 17.1. The minimum Gasteiger partial charge on any atom is -0.497 e. The van der Waals surface area contributed by atoms with Crippen molar-refractivity contribution >= 4 is 5.91 Å². The molecule has 8 nitrogen and oxygen atoms in total. The molecule has 1 heterocycles. The Hall–Kier alpha value is -4.20. The molecule has 0 fully saturated rings. The molecule has 1 N–H and O–H groups in total. The predicted octanol–water partition coefficient (Wildman–Crippen LogP) is 3.28. The van der Waals surface area contributed by atoms with Gasteiger partial charge in [0.25, 0.3) is 5.91 Å². The average Bonchev–Trinajstić information content (AvgIpc) is 3.37. The van der Waals surface area contributed by atoms with Crippen LogP contribution in [0.5, 0.6) is 11.5 Å². The molecule has 3 aromatic carbocycles. The number of hydrogen-bond donors (Lipinski definition) is 1. The number of ether oxygens (including phenoxy) is 2.